The van der Waals surface area contributed by atoms with E-state index in [4.69, 9.17) is 4.74 Å². The van der Waals surface area contributed by atoms with Gasteiger partial charge in [-0.2, -0.15) is 0 Å². The number of anilines is 1. The van der Waals surface area contributed by atoms with E-state index in [0.29, 0.717) is 0 Å². The van der Waals surface area contributed by atoms with E-state index in [1.54, 1.807) is 11.3 Å². The van der Waals surface area contributed by atoms with Crippen molar-refractivity contribution in [3.05, 3.63) is 11.1 Å². The van der Waals surface area contributed by atoms with Gasteiger partial charge < -0.3 is 9.64 Å². The third-order valence-corrected chi connectivity index (χ3v) is 3.55. The normalized spacial score (nSPS) is 20.6. The van der Waals surface area contributed by atoms with Gasteiger partial charge in [0.05, 0.1) is 17.9 Å². The van der Waals surface area contributed by atoms with Crippen LogP contribution in [0.25, 0.3) is 0 Å². The molecule has 84 valence electrons. The summed E-state index contributed by atoms with van der Waals surface area (Å²) in [6.45, 7) is 9.10. The van der Waals surface area contributed by atoms with E-state index in [-0.39, 0.29) is 5.60 Å². The first-order valence-corrected chi connectivity index (χ1v) is 6.32. The Kier molecular flexibility index (Phi) is 2.98. The Bertz CT molecular complexity index is 335. The average molecular weight is 226 g/mol. The molecule has 1 fully saturated rings. The van der Waals surface area contributed by atoms with Crippen molar-refractivity contribution >= 4 is 16.5 Å². The van der Waals surface area contributed by atoms with Gasteiger partial charge in [0.25, 0.3) is 0 Å². The summed E-state index contributed by atoms with van der Waals surface area (Å²) in [5, 5.41) is 3.29. The predicted octanol–water partition coefficient (Wildman–Crippen LogP) is 2.32. The Labute approximate surface area is 95.1 Å². The van der Waals surface area contributed by atoms with E-state index in [2.05, 4.69) is 36.0 Å². The minimum absolute atomic E-state index is 0.0453. The van der Waals surface area contributed by atoms with Gasteiger partial charge in [-0.15, -0.1) is 11.3 Å². The van der Waals surface area contributed by atoms with Crippen molar-refractivity contribution in [3.63, 3.8) is 0 Å². The fourth-order valence-corrected chi connectivity index (χ4v) is 2.72. The van der Waals surface area contributed by atoms with Crippen LogP contribution in [-0.2, 0) is 11.2 Å². The van der Waals surface area contributed by atoms with Gasteiger partial charge in [0.15, 0.2) is 5.13 Å². The van der Waals surface area contributed by atoms with Crippen molar-refractivity contribution in [2.75, 3.05) is 24.6 Å². The molecule has 0 aliphatic carbocycles. The molecule has 1 saturated heterocycles. The molecule has 15 heavy (non-hydrogen) atoms. The maximum absolute atomic E-state index is 5.69. The first kappa shape index (κ1) is 10.9. The maximum Gasteiger partial charge on any atom is 0.185 e. The van der Waals surface area contributed by atoms with Gasteiger partial charge in [-0.05, 0) is 20.3 Å². The van der Waals surface area contributed by atoms with Crippen LogP contribution in [0, 0.1) is 0 Å². The smallest absolute Gasteiger partial charge is 0.185 e. The zero-order valence-corrected chi connectivity index (χ0v) is 10.4. The number of aryl methyl sites for hydroxylation is 1. The van der Waals surface area contributed by atoms with E-state index in [1.807, 2.05) is 0 Å². The number of morpholine rings is 1. The molecule has 0 atom stereocenters. The van der Waals surface area contributed by atoms with E-state index in [9.17, 15) is 0 Å². The van der Waals surface area contributed by atoms with Gasteiger partial charge in [-0.25, -0.2) is 4.98 Å². The molecule has 0 amide bonds. The number of nitrogens with zero attached hydrogens (tertiary/aromatic N) is 2. The van der Waals surface area contributed by atoms with Gasteiger partial charge >= 0.3 is 0 Å². The first-order valence-electron chi connectivity index (χ1n) is 5.44. The number of thiazole rings is 1. The lowest BCUT2D eigenvalue weighted by Gasteiger charge is -2.37. The lowest BCUT2D eigenvalue weighted by molar-refractivity contribution is -0.0277. The van der Waals surface area contributed by atoms with Gasteiger partial charge in [-0.1, -0.05) is 6.92 Å². The number of hydrogen-bond donors (Lipinski definition) is 0. The molecule has 0 unspecified atom stereocenters. The highest BCUT2D eigenvalue weighted by Crippen LogP contribution is 2.26. The molecule has 4 heteroatoms. The molecule has 0 spiro atoms. The zero-order valence-electron chi connectivity index (χ0n) is 9.62. The summed E-state index contributed by atoms with van der Waals surface area (Å²) in [6, 6.07) is 0. The van der Waals surface area contributed by atoms with E-state index in [0.717, 1.165) is 31.2 Å². The summed E-state index contributed by atoms with van der Waals surface area (Å²) < 4.78 is 5.69. The Balaban J connectivity index is 2.10. The van der Waals surface area contributed by atoms with E-state index < -0.39 is 0 Å². The van der Waals surface area contributed by atoms with Crippen LogP contribution in [0.3, 0.4) is 0 Å². The third kappa shape index (κ3) is 2.49. The summed E-state index contributed by atoms with van der Waals surface area (Å²) in [6.07, 6.45) is 1.02. The molecule has 0 radical (unpaired) electrons. The highest BCUT2D eigenvalue weighted by atomic mass is 32.1. The lowest BCUT2D eigenvalue weighted by Crippen LogP contribution is -2.48. The first-order chi connectivity index (χ1) is 7.11. The Hall–Kier alpha value is -0.610. The summed E-state index contributed by atoms with van der Waals surface area (Å²) in [4.78, 5) is 6.93. The Morgan fingerprint density at radius 1 is 1.60 bits per heavy atom. The monoisotopic (exact) mass is 226 g/mol. The zero-order chi connectivity index (χ0) is 10.9. The van der Waals surface area contributed by atoms with Gasteiger partial charge in [0.1, 0.15) is 0 Å². The Morgan fingerprint density at radius 2 is 2.40 bits per heavy atom. The molecule has 2 rings (SSSR count). The molecule has 1 aromatic rings. The predicted molar refractivity (Wildman–Crippen MR) is 63.7 cm³/mol. The van der Waals surface area contributed by atoms with Crippen LogP contribution in [0.15, 0.2) is 5.38 Å². The summed E-state index contributed by atoms with van der Waals surface area (Å²) >= 11 is 1.74. The summed E-state index contributed by atoms with van der Waals surface area (Å²) in [5.41, 5.74) is 1.15. The van der Waals surface area contributed by atoms with Gasteiger partial charge in [-0.3, -0.25) is 0 Å². The molecule has 0 saturated carbocycles. The number of hydrogen-bond acceptors (Lipinski definition) is 4. The largest absolute Gasteiger partial charge is 0.372 e. The third-order valence-electron chi connectivity index (χ3n) is 2.60. The minimum Gasteiger partial charge on any atom is -0.372 e. The van der Waals surface area contributed by atoms with Crippen LogP contribution < -0.4 is 4.90 Å². The van der Waals surface area contributed by atoms with Crippen molar-refractivity contribution in [1.82, 2.24) is 4.98 Å². The molecule has 2 heterocycles. The summed E-state index contributed by atoms with van der Waals surface area (Å²) in [5.74, 6) is 0. The van der Waals surface area contributed by atoms with Crippen molar-refractivity contribution in [3.8, 4) is 0 Å². The van der Waals surface area contributed by atoms with E-state index >= 15 is 0 Å². The highest BCUT2D eigenvalue weighted by molar-refractivity contribution is 7.13. The number of rotatable bonds is 2. The van der Waals surface area contributed by atoms with Crippen LogP contribution in [0.4, 0.5) is 5.13 Å². The van der Waals surface area contributed by atoms with E-state index in [1.165, 1.54) is 5.69 Å². The van der Waals surface area contributed by atoms with Crippen molar-refractivity contribution in [2.45, 2.75) is 32.8 Å². The van der Waals surface area contributed by atoms with Crippen LogP contribution in [0.1, 0.15) is 26.5 Å². The van der Waals surface area contributed by atoms with Crippen LogP contribution in [0.2, 0.25) is 0 Å². The van der Waals surface area contributed by atoms with Gasteiger partial charge in [0.2, 0.25) is 0 Å². The molecule has 0 N–H and O–H groups in total. The molecule has 0 bridgehead atoms. The average Bonchev–Trinajstić information content (AvgIpc) is 2.64. The molecule has 3 nitrogen and oxygen atoms in total. The maximum atomic E-state index is 5.69. The molecular formula is C11H18N2OS. The molecular weight excluding hydrogens is 208 g/mol. The topological polar surface area (TPSA) is 25.4 Å². The standard InChI is InChI=1S/C11H18N2OS/c1-4-9-7-15-10(12-9)13-5-6-14-11(2,3)8-13/h7H,4-6,8H2,1-3H3. The van der Waals surface area contributed by atoms with Crippen molar-refractivity contribution in [1.29, 1.82) is 0 Å². The second-order valence-corrected chi connectivity index (χ2v) is 5.34. The minimum atomic E-state index is -0.0453. The molecule has 1 aliphatic heterocycles. The van der Waals surface area contributed by atoms with Crippen molar-refractivity contribution < 1.29 is 4.74 Å². The molecule has 0 aromatic carbocycles. The van der Waals surface area contributed by atoms with Crippen LogP contribution >= 0.6 is 11.3 Å². The number of ether oxygens (including phenoxy) is 1. The quantitative estimate of drug-likeness (QED) is 0.774. The molecule has 1 aliphatic rings. The summed E-state index contributed by atoms with van der Waals surface area (Å²) in [7, 11) is 0. The van der Waals surface area contributed by atoms with Crippen LogP contribution in [-0.4, -0.2) is 30.3 Å². The SMILES string of the molecule is CCc1csc(N2CCOC(C)(C)C2)n1. The highest BCUT2D eigenvalue weighted by Gasteiger charge is 2.28. The fraction of sp³-hybridized carbons (Fsp3) is 0.727. The van der Waals surface area contributed by atoms with Gasteiger partial charge in [0, 0.05) is 18.5 Å². The molecule has 1 aromatic heterocycles. The number of aromatic nitrogens is 1. The van der Waals surface area contributed by atoms with Crippen LogP contribution in [0.5, 0.6) is 0 Å². The Morgan fingerprint density at radius 3 is 3.00 bits per heavy atom. The second kappa shape index (κ2) is 4.10. The fourth-order valence-electron chi connectivity index (χ4n) is 1.78. The lowest BCUT2D eigenvalue weighted by atomic mass is 10.1. The van der Waals surface area contributed by atoms with Crippen molar-refractivity contribution in [2.24, 2.45) is 0 Å². The second-order valence-electron chi connectivity index (χ2n) is 4.50.